The number of nitrogens with one attached hydrogen (secondary N) is 1. The fraction of sp³-hybridized carbons (Fsp3) is 0.364. The molecule has 0 fully saturated rings. The van der Waals surface area contributed by atoms with Gasteiger partial charge in [-0.3, -0.25) is 4.79 Å². The molecule has 1 N–H and O–H groups in total. The normalized spacial score (nSPS) is 14.2. The highest BCUT2D eigenvalue weighted by atomic mass is 16.2. The zero-order valence-electron chi connectivity index (χ0n) is 16.2. The zero-order chi connectivity index (χ0) is 18.9. The van der Waals surface area contributed by atoms with Gasteiger partial charge in [0, 0.05) is 5.41 Å². The molecule has 2 atom stereocenters. The molecule has 0 saturated carbocycles. The number of hydrogen-bond donors (Lipinski definition) is 1. The Balaban J connectivity index is 2.06. The largest absolute Gasteiger partial charge is 0.346 e. The molecule has 1 aromatic heterocycles. The Hall–Kier alpha value is -2.62. The van der Waals surface area contributed by atoms with Crippen LogP contribution in [0.15, 0.2) is 54.6 Å². The Morgan fingerprint density at radius 1 is 1.00 bits per heavy atom. The standard InChI is InChI=1S/C22H27N3O/c1-15(23-21(26)22(3,4)5)20-24-18-13-9-10-14-19(18)25(20)16(2)17-11-7-6-8-12-17/h6-16H,1-5H3,(H,23,26). The van der Waals surface area contributed by atoms with Crippen molar-refractivity contribution in [3.63, 3.8) is 0 Å². The van der Waals surface area contributed by atoms with Crippen molar-refractivity contribution >= 4 is 16.9 Å². The van der Waals surface area contributed by atoms with E-state index in [0.717, 1.165) is 16.9 Å². The summed E-state index contributed by atoms with van der Waals surface area (Å²) in [6.07, 6.45) is 0. The van der Waals surface area contributed by atoms with Gasteiger partial charge in [0.05, 0.1) is 23.1 Å². The maximum absolute atomic E-state index is 12.5. The maximum atomic E-state index is 12.5. The monoisotopic (exact) mass is 349 g/mol. The summed E-state index contributed by atoms with van der Waals surface area (Å²) >= 11 is 0. The summed E-state index contributed by atoms with van der Waals surface area (Å²) in [5, 5.41) is 3.12. The van der Waals surface area contributed by atoms with Crippen molar-refractivity contribution in [2.24, 2.45) is 5.41 Å². The van der Waals surface area contributed by atoms with E-state index in [1.165, 1.54) is 5.56 Å². The molecule has 3 rings (SSSR count). The Morgan fingerprint density at radius 3 is 2.27 bits per heavy atom. The minimum Gasteiger partial charge on any atom is -0.346 e. The van der Waals surface area contributed by atoms with Gasteiger partial charge < -0.3 is 9.88 Å². The van der Waals surface area contributed by atoms with Crippen molar-refractivity contribution in [2.45, 2.75) is 46.7 Å². The topological polar surface area (TPSA) is 46.9 Å². The number of carbonyl (C=O) groups is 1. The van der Waals surface area contributed by atoms with E-state index in [1.54, 1.807) is 0 Å². The lowest BCUT2D eigenvalue weighted by molar-refractivity contribution is -0.129. The van der Waals surface area contributed by atoms with Gasteiger partial charge in [0.25, 0.3) is 0 Å². The number of benzene rings is 2. The second-order valence-electron chi connectivity index (χ2n) is 7.86. The van der Waals surface area contributed by atoms with E-state index in [-0.39, 0.29) is 18.0 Å². The van der Waals surface area contributed by atoms with Crippen molar-refractivity contribution in [1.29, 1.82) is 0 Å². The van der Waals surface area contributed by atoms with Crippen LogP contribution in [-0.4, -0.2) is 15.5 Å². The second kappa shape index (κ2) is 6.94. The first-order valence-electron chi connectivity index (χ1n) is 9.12. The van der Waals surface area contributed by atoms with Crippen molar-refractivity contribution in [3.05, 3.63) is 66.0 Å². The number of carbonyl (C=O) groups excluding carboxylic acids is 1. The number of para-hydroxylation sites is 2. The van der Waals surface area contributed by atoms with Gasteiger partial charge in [-0.05, 0) is 31.5 Å². The van der Waals surface area contributed by atoms with Crippen molar-refractivity contribution < 1.29 is 4.79 Å². The highest BCUT2D eigenvalue weighted by Gasteiger charge is 2.26. The molecule has 0 radical (unpaired) electrons. The predicted molar refractivity (Wildman–Crippen MR) is 106 cm³/mol. The molecule has 3 aromatic rings. The number of amides is 1. The summed E-state index contributed by atoms with van der Waals surface area (Å²) in [5.74, 6) is 0.899. The van der Waals surface area contributed by atoms with Crippen molar-refractivity contribution in [3.8, 4) is 0 Å². The van der Waals surface area contributed by atoms with Crippen LogP contribution in [-0.2, 0) is 4.79 Å². The van der Waals surface area contributed by atoms with Crippen LogP contribution in [0, 0.1) is 5.41 Å². The first-order chi connectivity index (χ1) is 12.3. The molecule has 0 aliphatic carbocycles. The number of hydrogen-bond acceptors (Lipinski definition) is 2. The molecule has 0 bridgehead atoms. The van der Waals surface area contributed by atoms with E-state index in [4.69, 9.17) is 4.98 Å². The van der Waals surface area contributed by atoms with Crippen LogP contribution in [0.25, 0.3) is 11.0 Å². The van der Waals surface area contributed by atoms with E-state index in [9.17, 15) is 4.79 Å². The molecule has 0 aliphatic heterocycles. The molecular formula is C22H27N3O. The van der Waals surface area contributed by atoms with Crippen LogP contribution in [0.1, 0.15) is 58.1 Å². The van der Waals surface area contributed by atoms with Gasteiger partial charge >= 0.3 is 0 Å². The van der Waals surface area contributed by atoms with Gasteiger partial charge in [0.15, 0.2) is 0 Å². The minimum absolute atomic E-state index is 0.0240. The molecule has 0 saturated heterocycles. The number of aromatic nitrogens is 2. The van der Waals surface area contributed by atoms with Crippen LogP contribution in [0.4, 0.5) is 0 Å². The lowest BCUT2D eigenvalue weighted by Crippen LogP contribution is -2.37. The zero-order valence-corrected chi connectivity index (χ0v) is 16.2. The molecule has 1 heterocycles. The number of rotatable bonds is 4. The third-order valence-electron chi connectivity index (χ3n) is 4.71. The summed E-state index contributed by atoms with van der Waals surface area (Å²) in [6, 6.07) is 18.4. The van der Waals surface area contributed by atoms with Crippen molar-refractivity contribution in [2.75, 3.05) is 0 Å². The Bertz CT molecular complexity index is 906. The molecule has 4 heteroatoms. The molecule has 0 aliphatic rings. The molecule has 2 unspecified atom stereocenters. The quantitative estimate of drug-likeness (QED) is 0.730. The van der Waals surface area contributed by atoms with E-state index in [0.29, 0.717) is 0 Å². The fourth-order valence-corrected chi connectivity index (χ4v) is 3.13. The van der Waals surface area contributed by atoms with E-state index >= 15 is 0 Å². The van der Waals surface area contributed by atoms with Gasteiger partial charge in [-0.1, -0.05) is 63.2 Å². The maximum Gasteiger partial charge on any atom is 0.225 e. The molecule has 136 valence electrons. The smallest absolute Gasteiger partial charge is 0.225 e. The summed E-state index contributed by atoms with van der Waals surface area (Å²) in [5.41, 5.74) is 2.81. The summed E-state index contributed by atoms with van der Waals surface area (Å²) in [7, 11) is 0. The number of fused-ring (bicyclic) bond motifs is 1. The SMILES string of the molecule is CC(NC(=O)C(C)(C)C)c1nc2ccccc2n1C(C)c1ccccc1. The van der Waals surface area contributed by atoms with Crippen LogP contribution >= 0.6 is 0 Å². The summed E-state index contributed by atoms with van der Waals surface area (Å²) < 4.78 is 2.23. The van der Waals surface area contributed by atoms with Gasteiger partial charge in [0.2, 0.25) is 5.91 Å². The van der Waals surface area contributed by atoms with Crippen LogP contribution < -0.4 is 5.32 Å². The molecular weight excluding hydrogens is 322 g/mol. The van der Waals surface area contributed by atoms with Crippen LogP contribution in [0.2, 0.25) is 0 Å². The predicted octanol–water partition coefficient (Wildman–Crippen LogP) is 4.87. The summed E-state index contributed by atoms with van der Waals surface area (Å²) in [4.78, 5) is 17.3. The molecule has 1 amide bonds. The fourth-order valence-electron chi connectivity index (χ4n) is 3.13. The average Bonchev–Trinajstić information content (AvgIpc) is 3.00. The van der Waals surface area contributed by atoms with Gasteiger partial charge in [-0.15, -0.1) is 0 Å². The summed E-state index contributed by atoms with van der Waals surface area (Å²) in [6.45, 7) is 9.93. The first-order valence-corrected chi connectivity index (χ1v) is 9.12. The van der Waals surface area contributed by atoms with Gasteiger partial charge in [0.1, 0.15) is 5.82 Å². The number of nitrogens with zero attached hydrogens (tertiary/aromatic N) is 2. The van der Waals surface area contributed by atoms with Crippen LogP contribution in [0.3, 0.4) is 0 Å². The van der Waals surface area contributed by atoms with Crippen molar-refractivity contribution in [1.82, 2.24) is 14.9 Å². The second-order valence-corrected chi connectivity index (χ2v) is 7.86. The number of imidazole rings is 1. The molecule has 26 heavy (non-hydrogen) atoms. The van der Waals surface area contributed by atoms with Crippen LogP contribution in [0.5, 0.6) is 0 Å². The lowest BCUT2D eigenvalue weighted by Gasteiger charge is -2.24. The Morgan fingerprint density at radius 2 is 1.62 bits per heavy atom. The van der Waals surface area contributed by atoms with E-state index < -0.39 is 5.41 Å². The lowest BCUT2D eigenvalue weighted by atomic mass is 9.95. The third-order valence-corrected chi connectivity index (χ3v) is 4.71. The highest BCUT2D eigenvalue weighted by molar-refractivity contribution is 5.82. The average molecular weight is 349 g/mol. The van der Waals surface area contributed by atoms with Gasteiger partial charge in [-0.2, -0.15) is 0 Å². The minimum atomic E-state index is -0.434. The Kier molecular flexibility index (Phi) is 4.86. The van der Waals surface area contributed by atoms with E-state index in [1.807, 2.05) is 52.0 Å². The molecule has 0 spiro atoms. The molecule has 2 aromatic carbocycles. The van der Waals surface area contributed by atoms with Gasteiger partial charge in [-0.25, -0.2) is 4.98 Å². The van der Waals surface area contributed by atoms with E-state index in [2.05, 4.69) is 47.1 Å². The third kappa shape index (κ3) is 3.50. The molecule has 4 nitrogen and oxygen atoms in total. The first kappa shape index (κ1) is 18.2. The Labute approximate surface area is 155 Å². The highest BCUT2D eigenvalue weighted by Crippen LogP contribution is 2.29.